The van der Waals surface area contributed by atoms with Gasteiger partial charge in [-0.05, 0) is 42.7 Å². The number of amides is 1. The second-order valence-corrected chi connectivity index (χ2v) is 6.68. The van der Waals surface area contributed by atoms with Crippen LogP contribution in [0.4, 0.5) is 0 Å². The van der Waals surface area contributed by atoms with Crippen molar-refractivity contribution >= 4 is 18.3 Å². The first kappa shape index (κ1) is 20.3. The molecule has 0 unspecified atom stereocenters. The molecule has 1 heterocycles. The van der Waals surface area contributed by atoms with E-state index in [9.17, 15) is 4.79 Å². The Morgan fingerprint density at radius 3 is 2.81 bits per heavy atom. The van der Waals surface area contributed by atoms with E-state index in [-0.39, 0.29) is 24.4 Å². The van der Waals surface area contributed by atoms with Crippen molar-refractivity contribution in [3.63, 3.8) is 0 Å². The Balaban J connectivity index is 0.00000243. The lowest BCUT2D eigenvalue weighted by Crippen LogP contribution is -2.52. The van der Waals surface area contributed by atoms with Crippen molar-refractivity contribution in [3.05, 3.63) is 65.2 Å². The molecule has 1 amide bonds. The number of hydrogen-bond acceptors (Lipinski definition) is 3. The van der Waals surface area contributed by atoms with Crippen LogP contribution in [0.5, 0.6) is 5.75 Å². The molecule has 3 rings (SSSR count). The van der Waals surface area contributed by atoms with Crippen LogP contribution in [0.3, 0.4) is 0 Å². The van der Waals surface area contributed by atoms with Crippen LogP contribution in [0.2, 0.25) is 0 Å². The van der Waals surface area contributed by atoms with E-state index in [1.165, 1.54) is 11.1 Å². The highest BCUT2D eigenvalue weighted by molar-refractivity contribution is 5.85. The first-order chi connectivity index (χ1) is 12.1. The molecule has 2 aromatic rings. The molecule has 0 spiro atoms. The van der Waals surface area contributed by atoms with E-state index in [4.69, 9.17) is 4.74 Å². The number of ether oxygens (including phenoxy) is 1. The molecule has 0 saturated carbocycles. The van der Waals surface area contributed by atoms with Gasteiger partial charge in [0.2, 0.25) is 5.91 Å². The molecule has 2 aromatic carbocycles. The number of rotatable bonds is 5. The Labute approximate surface area is 162 Å². The Morgan fingerprint density at radius 2 is 2.04 bits per heavy atom. The fraction of sp³-hybridized carbons (Fsp3) is 0.381. The molecule has 5 heteroatoms. The van der Waals surface area contributed by atoms with E-state index in [1.54, 1.807) is 0 Å². The van der Waals surface area contributed by atoms with Crippen LogP contribution in [0.25, 0.3) is 0 Å². The lowest BCUT2D eigenvalue weighted by molar-refractivity contribution is -0.133. The van der Waals surface area contributed by atoms with Gasteiger partial charge in [-0.25, -0.2) is 0 Å². The van der Waals surface area contributed by atoms with E-state index in [2.05, 4.69) is 31.3 Å². The van der Waals surface area contributed by atoms with Crippen molar-refractivity contribution in [1.29, 1.82) is 0 Å². The van der Waals surface area contributed by atoms with Gasteiger partial charge in [0.05, 0.1) is 6.42 Å². The third-order valence-electron chi connectivity index (χ3n) is 4.73. The van der Waals surface area contributed by atoms with Gasteiger partial charge in [-0.3, -0.25) is 4.79 Å². The number of carbonyl (C=O) groups excluding carboxylic acids is 1. The molecule has 1 N–H and O–H groups in total. The number of piperazine rings is 1. The number of carbonyl (C=O) groups is 1. The molecule has 140 valence electrons. The molecule has 1 fully saturated rings. The summed E-state index contributed by atoms with van der Waals surface area (Å²) in [6.45, 7) is 7.23. The van der Waals surface area contributed by atoms with Crippen molar-refractivity contribution in [3.8, 4) is 5.75 Å². The van der Waals surface area contributed by atoms with Crippen LogP contribution in [0.1, 0.15) is 23.6 Å². The quantitative estimate of drug-likeness (QED) is 0.872. The van der Waals surface area contributed by atoms with Gasteiger partial charge in [-0.1, -0.05) is 36.4 Å². The minimum absolute atomic E-state index is 0. The van der Waals surface area contributed by atoms with E-state index >= 15 is 0 Å². The van der Waals surface area contributed by atoms with Gasteiger partial charge in [0.1, 0.15) is 12.4 Å². The van der Waals surface area contributed by atoms with Crippen LogP contribution >= 0.6 is 12.4 Å². The van der Waals surface area contributed by atoms with E-state index in [0.717, 1.165) is 30.9 Å². The lowest BCUT2D eigenvalue weighted by Gasteiger charge is -2.34. The molecule has 0 bridgehead atoms. The maximum atomic E-state index is 12.6. The predicted octanol–water partition coefficient (Wildman–Crippen LogP) is 3.36. The number of benzene rings is 2. The van der Waals surface area contributed by atoms with Gasteiger partial charge < -0.3 is 15.0 Å². The summed E-state index contributed by atoms with van der Waals surface area (Å²) >= 11 is 0. The highest BCUT2D eigenvalue weighted by atomic mass is 35.5. The monoisotopic (exact) mass is 374 g/mol. The van der Waals surface area contributed by atoms with Gasteiger partial charge in [-0.15, -0.1) is 12.4 Å². The predicted molar refractivity (Wildman–Crippen MR) is 107 cm³/mol. The SMILES string of the molecule is Cc1ccccc1COc1cccc(CC(=O)N2CCNC[C@@H]2C)c1.Cl. The largest absolute Gasteiger partial charge is 0.489 e. The maximum Gasteiger partial charge on any atom is 0.227 e. The average Bonchev–Trinajstić information content (AvgIpc) is 2.62. The van der Waals surface area contributed by atoms with Gasteiger partial charge in [-0.2, -0.15) is 0 Å². The average molecular weight is 375 g/mol. The maximum absolute atomic E-state index is 12.6. The molecule has 4 nitrogen and oxygen atoms in total. The molecular weight excluding hydrogens is 348 g/mol. The minimum Gasteiger partial charge on any atom is -0.489 e. The summed E-state index contributed by atoms with van der Waals surface area (Å²) in [5.74, 6) is 0.993. The van der Waals surface area contributed by atoms with Crippen LogP contribution < -0.4 is 10.1 Å². The summed E-state index contributed by atoms with van der Waals surface area (Å²) in [6.07, 6.45) is 0.423. The summed E-state index contributed by atoms with van der Waals surface area (Å²) in [4.78, 5) is 14.5. The van der Waals surface area contributed by atoms with Crippen LogP contribution in [-0.2, 0) is 17.8 Å². The van der Waals surface area contributed by atoms with E-state index in [1.807, 2.05) is 41.3 Å². The molecular formula is C21H27ClN2O2. The number of halogens is 1. The summed E-state index contributed by atoms with van der Waals surface area (Å²) in [7, 11) is 0. The third-order valence-corrected chi connectivity index (χ3v) is 4.73. The minimum atomic E-state index is 0. The zero-order chi connectivity index (χ0) is 17.6. The molecule has 1 saturated heterocycles. The Morgan fingerprint density at radius 1 is 1.23 bits per heavy atom. The van der Waals surface area contributed by atoms with Crippen molar-refractivity contribution < 1.29 is 9.53 Å². The standard InChI is InChI=1S/C21H26N2O2.ClH/c1-16-6-3-4-8-19(16)15-25-20-9-5-7-18(12-20)13-21(24)23-11-10-22-14-17(23)2;/h3-9,12,17,22H,10-11,13-15H2,1-2H3;1H/t17-;/m0./s1. The first-order valence-corrected chi connectivity index (χ1v) is 8.90. The summed E-state index contributed by atoms with van der Waals surface area (Å²) in [5.41, 5.74) is 3.40. The van der Waals surface area contributed by atoms with E-state index < -0.39 is 0 Å². The number of nitrogens with one attached hydrogen (secondary N) is 1. The number of hydrogen-bond donors (Lipinski definition) is 1. The third kappa shape index (κ3) is 5.23. The number of nitrogens with zero attached hydrogens (tertiary/aromatic N) is 1. The molecule has 26 heavy (non-hydrogen) atoms. The smallest absolute Gasteiger partial charge is 0.227 e. The van der Waals surface area contributed by atoms with Crippen LogP contribution in [0, 0.1) is 6.92 Å². The molecule has 0 radical (unpaired) electrons. The molecule has 1 aliphatic heterocycles. The van der Waals surface area contributed by atoms with Gasteiger partial charge in [0.15, 0.2) is 0 Å². The first-order valence-electron chi connectivity index (χ1n) is 8.90. The fourth-order valence-electron chi connectivity index (χ4n) is 3.17. The second kappa shape index (κ2) is 9.60. The van der Waals surface area contributed by atoms with Crippen molar-refractivity contribution in [2.45, 2.75) is 32.9 Å². The Hall–Kier alpha value is -2.04. The van der Waals surface area contributed by atoms with Gasteiger partial charge in [0.25, 0.3) is 0 Å². The van der Waals surface area contributed by atoms with Crippen molar-refractivity contribution in [2.24, 2.45) is 0 Å². The molecule has 1 atom stereocenters. The second-order valence-electron chi connectivity index (χ2n) is 6.68. The van der Waals surface area contributed by atoms with Gasteiger partial charge in [0, 0.05) is 25.7 Å². The summed E-state index contributed by atoms with van der Waals surface area (Å²) in [5, 5.41) is 3.32. The zero-order valence-corrected chi connectivity index (χ0v) is 16.2. The van der Waals surface area contributed by atoms with Crippen molar-refractivity contribution in [2.75, 3.05) is 19.6 Å². The Bertz CT molecular complexity index is 735. The number of aryl methyl sites for hydroxylation is 1. The molecule has 1 aliphatic rings. The normalized spacial score (nSPS) is 16.7. The van der Waals surface area contributed by atoms with Crippen molar-refractivity contribution in [1.82, 2.24) is 10.2 Å². The molecule has 0 aromatic heterocycles. The van der Waals surface area contributed by atoms with Crippen LogP contribution in [0.15, 0.2) is 48.5 Å². The molecule has 0 aliphatic carbocycles. The highest BCUT2D eigenvalue weighted by Gasteiger charge is 2.22. The zero-order valence-electron chi connectivity index (χ0n) is 15.4. The Kier molecular flexibility index (Phi) is 7.49. The highest BCUT2D eigenvalue weighted by Crippen LogP contribution is 2.18. The summed E-state index contributed by atoms with van der Waals surface area (Å²) in [6, 6.07) is 16.3. The van der Waals surface area contributed by atoms with Gasteiger partial charge >= 0.3 is 0 Å². The lowest BCUT2D eigenvalue weighted by atomic mass is 10.1. The fourth-order valence-corrected chi connectivity index (χ4v) is 3.17. The van der Waals surface area contributed by atoms with Crippen LogP contribution in [-0.4, -0.2) is 36.5 Å². The summed E-state index contributed by atoms with van der Waals surface area (Å²) < 4.78 is 5.93. The van der Waals surface area contributed by atoms with E-state index in [0.29, 0.717) is 13.0 Å². The topological polar surface area (TPSA) is 41.6 Å².